The van der Waals surface area contributed by atoms with Crippen LogP contribution in [0.5, 0.6) is 0 Å². The molecule has 0 aliphatic heterocycles. The zero-order valence-electron chi connectivity index (χ0n) is 17.1. The monoisotopic (exact) mass is 410 g/mol. The fourth-order valence-corrected chi connectivity index (χ4v) is 3.73. The Morgan fingerprint density at radius 1 is 1.00 bits per heavy atom. The summed E-state index contributed by atoms with van der Waals surface area (Å²) in [4.78, 5) is 35.7. The predicted octanol–water partition coefficient (Wildman–Crippen LogP) is 3.28. The smallest absolute Gasteiger partial charge is 0.407 e. The largest absolute Gasteiger partial charge is 0.480 e. The van der Waals surface area contributed by atoms with Gasteiger partial charge in [-0.05, 0) is 35.6 Å². The van der Waals surface area contributed by atoms with E-state index in [-0.39, 0.29) is 12.5 Å². The highest BCUT2D eigenvalue weighted by atomic mass is 16.5. The quantitative estimate of drug-likeness (QED) is 0.619. The van der Waals surface area contributed by atoms with Crippen molar-refractivity contribution >= 4 is 18.0 Å². The van der Waals surface area contributed by atoms with E-state index in [4.69, 9.17) is 9.84 Å². The number of alkyl carbamates (subject to hydrolysis) is 1. The maximum absolute atomic E-state index is 12.3. The Morgan fingerprint density at radius 3 is 2.10 bits per heavy atom. The van der Waals surface area contributed by atoms with E-state index in [1.54, 1.807) is 0 Å². The molecular weight excluding hydrogens is 384 g/mol. The molecule has 30 heavy (non-hydrogen) atoms. The molecule has 0 fully saturated rings. The van der Waals surface area contributed by atoms with E-state index >= 15 is 0 Å². The van der Waals surface area contributed by atoms with Crippen molar-refractivity contribution < 1.29 is 24.2 Å². The minimum absolute atomic E-state index is 0.0757. The molecule has 0 saturated heterocycles. The van der Waals surface area contributed by atoms with Gasteiger partial charge >= 0.3 is 12.1 Å². The molecular formula is C23H26N2O5. The van der Waals surface area contributed by atoms with Crippen LogP contribution >= 0.6 is 0 Å². The first-order valence-corrected chi connectivity index (χ1v) is 10.1. The summed E-state index contributed by atoms with van der Waals surface area (Å²) in [5, 5.41) is 14.1. The zero-order chi connectivity index (χ0) is 21.7. The summed E-state index contributed by atoms with van der Waals surface area (Å²) in [7, 11) is 0. The minimum Gasteiger partial charge on any atom is -0.480 e. The van der Waals surface area contributed by atoms with Crippen LogP contribution in [0.3, 0.4) is 0 Å². The van der Waals surface area contributed by atoms with Gasteiger partial charge in [0.25, 0.3) is 0 Å². The lowest BCUT2D eigenvalue weighted by Crippen LogP contribution is -2.50. The van der Waals surface area contributed by atoms with Crippen LogP contribution in [0.15, 0.2) is 48.5 Å². The zero-order valence-corrected chi connectivity index (χ0v) is 17.1. The summed E-state index contributed by atoms with van der Waals surface area (Å²) in [6.45, 7) is 3.46. The summed E-state index contributed by atoms with van der Waals surface area (Å²) in [6.07, 6.45) is 0.214. The molecule has 2 amide bonds. The number of fused-ring (bicyclic) bond motifs is 3. The molecule has 2 atom stereocenters. The number of benzene rings is 2. The van der Waals surface area contributed by atoms with Crippen LogP contribution in [0.2, 0.25) is 0 Å². The second kappa shape index (κ2) is 9.43. The molecule has 0 radical (unpaired) electrons. The average molecular weight is 410 g/mol. The van der Waals surface area contributed by atoms with Crippen LogP contribution in [0, 0.1) is 0 Å². The molecule has 2 aromatic carbocycles. The molecule has 0 heterocycles. The Morgan fingerprint density at radius 2 is 1.57 bits per heavy atom. The summed E-state index contributed by atoms with van der Waals surface area (Å²) < 4.78 is 5.41. The number of nitrogens with one attached hydrogen (secondary N) is 2. The Hall–Kier alpha value is -3.35. The average Bonchev–Trinajstić information content (AvgIpc) is 3.05. The number of carbonyl (C=O) groups is 3. The molecule has 2 aromatic rings. The molecule has 3 N–H and O–H groups in total. The van der Waals surface area contributed by atoms with Crippen LogP contribution in [0.4, 0.5) is 4.79 Å². The molecule has 1 aliphatic rings. The van der Waals surface area contributed by atoms with Crippen molar-refractivity contribution in [2.75, 3.05) is 6.61 Å². The molecule has 0 bridgehead atoms. The number of carboxylic acids is 1. The normalized spacial score (nSPS) is 14.2. The second-order valence-corrected chi connectivity index (χ2v) is 7.38. The number of rotatable bonds is 8. The standard InChI is InChI=1S/C23H26N2O5/c1-3-8-20(22(27)28)25-21(26)14(2)24-23(29)30-13-19-17-11-6-4-9-15(17)16-10-5-7-12-18(16)19/h4-7,9-12,14,19-20H,3,8,13H2,1-2H3,(H,24,29)(H,25,26)(H,27,28)/t14-,20?/m1/s1. The van der Waals surface area contributed by atoms with Gasteiger partial charge in [0.2, 0.25) is 5.91 Å². The topological polar surface area (TPSA) is 105 Å². The van der Waals surface area contributed by atoms with Gasteiger partial charge in [-0.2, -0.15) is 0 Å². The number of ether oxygens (including phenoxy) is 1. The van der Waals surface area contributed by atoms with Gasteiger partial charge in [-0.15, -0.1) is 0 Å². The van der Waals surface area contributed by atoms with Crippen LogP contribution in [0.1, 0.15) is 43.7 Å². The predicted molar refractivity (Wildman–Crippen MR) is 112 cm³/mol. The highest BCUT2D eigenvalue weighted by molar-refractivity contribution is 5.89. The number of carbonyl (C=O) groups excluding carboxylic acids is 2. The second-order valence-electron chi connectivity index (χ2n) is 7.38. The van der Waals surface area contributed by atoms with E-state index in [2.05, 4.69) is 22.8 Å². The lowest BCUT2D eigenvalue weighted by molar-refractivity contribution is -0.142. The number of hydrogen-bond donors (Lipinski definition) is 3. The first-order valence-electron chi connectivity index (χ1n) is 10.1. The van der Waals surface area contributed by atoms with Gasteiger partial charge in [0.05, 0.1) is 0 Å². The maximum Gasteiger partial charge on any atom is 0.407 e. The highest BCUT2D eigenvalue weighted by Crippen LogP contribution is 2.44. The van der Waals surface area contributed by atoms with Gasteiger partial charge in [0, 0.05) is 5.92 Å². The maximum atomic E-state index is 12.3. The van der Waals surface area contributed by atoms with Gasteiger partial charge < -0.3 is 20.5 Å². The number of carboxylic acid groups (broad SMARTS) is 1. The molecule has 0 spiro atoms. The Balaban J connectivity index is 1.58. The van der Waals surface area contributed by atoms with Crippen LogP contribution < -0.4 is 10.6 Å². The third-order valence-electron chi connectivity index (χ3n) is 5.26. The van der Waals surface area contributed by atoms with Crippen molar-refractivity contribution in [1.82, 2.24) is 10.6 Å². The first-order chi connectivity index (χ1) is 14.4. The van der Waals surface area contributed by atoms with E-state index in [1.807, 2.05) is 43.3 Å². The van der Waals surface area contributed by atoms with Crippen LogP contribution in [0.25, 0.3) is 11.1 Å². The Labute approximate surface area is 175 Å². The van der Waals surface area contributed by atoms with E-state index < -0.39 is 30.1 Å². The number of amides is 2. The van der Waals surface area contributed by atoms with Crippen LogP contribution in [-0.4, -0.2) is 41.8 Å². The molecule has 0 saturated carbocycles. The van der Waals surface area contributed by atoms with Gasteiger partial charge in [0.15, 0.2) is 0 Å². The van der Waals surface area contributed by atoms with Gasteiger partial charge in [-0.1, -0.05) is 61.9 Å². The van der Waals surface area contributed by atoms with Gasteiger partial charge in [0.1, 0.15) is 18.7 Å². The Kier molecular flexibility index (Phi) is 6.72. The van der Waals surface area contributed by atoms with Crippen molar-refractivity contribution in [3.05, 3.63) is 59.7 Å². The minimum atomic E-state index is -1.10. The SMILES string of the molecule is CCCC(NC(=O)[C@@H](C)NC(=O)OCC1c2ccccc2-c2ccccc21)C(=O)O. The Bertz CT molecular complexity index is 897. The van der Waals surface area contributed by atoms with Crippen molar-refractivity contribution in [3.63, 3.8) is 0 Å². The molecule has 1 aliphatic carbocycles. The summed E-state index contributed by atoms with van der Waals surface area (Å²) in [5.74, 6) is -1.74. The fourth-order valence-electron chi connectivity index (χ4n) is 3.73. The summed E-state index contributed by atoms with van der Waals surface area (Å²) in [6, 6.07) is 14.1. The summed E-state index contributed by atoms with van der Waals surface area (Å²) in [5.41, 5.74) is 4.46. The highest BCUT2D eigenvalue weighted by Gasteiger charge is 2.29. The number of aliphatic carboxylic acids is 1. The van der Waals surface area contributed by atoms with Gasteiger partial charge in [-0.3, -0.25) is 4.79 Å². The van der Waals surface area contributed by atoms with Crippen molar-refractivity contribution in [3.8, 4) is 11.1 Å². The van der Waals surface area contributed by atoms with E-state index in [0.717, 1.165) is 22.3 Å². The molecule has 158 valence electrons. The molecule has 1 unspecified atom stereocenters. The fraction of sp³-hybridized carbons (Fsp3) is 0.348. The lowest BCUT2D eigenvalue weighted by Gasteiger charge is -2.19. The third-order valence-corrected chi connectivity index (χ3v) is 5.26. The van der Waals surface area contributed by atoms with Gasteiger partial charge in [-0.25, -0.2) is 9.59 Å². The van der Waals surface area contributed by atoms with Crippen molar-refractivity contribution in [1.29, 1.82) is 0 Å². The van der Waals surface area contributed by atoms with Crippen molar-refractivity contribution in [2.24, 2.45) is 0 Å². The lowest BCUT2D eigenvalue weighted by atomic mass is 9.98. The molecule has 7 heteroatoms. The number of hydrogen-bond acceptors (Lipinski definition) is 4. The molecule has 7 nitrogen and oxygen atoms in total. The molecule has 3 rings (SSSR count). The third kappa shape index (κ3) is 4.62. The summed E-state index contributed by atoms with van der Waals surface area (Å²) >= 11 is 0. The van der Waals surface area contributed by atoms with Crippen LogP contribution in [-0.2, 0) is 14.3 Å². The van der Waals surface area contributed by atoms with E-state index in [0.29, 0.717) is 12.8 Å². The van der Waals surface area contributed by atoms with E-state index in [1.165, 1.54) is 6.92 Å². The van der Waals surface area contributed by atoms with E-state index in [9.17, 15) is 14.4 Å². The molecule has 0 aromatic heterocycles. The first kappa shape index (κ1) is 21.4. The van der Waals surface area contributed by atoms with Crippen molar-refractivity contribution in [2.45, 2.75) is 44.7 Å².